The molecule has 0 aliphatic carbocycles. The Balaban J connectivity index is 1.85. The summed E-state index contributed by atoms with van der Waals surface area (Å²) in [6, 6.07) is 5.73. The van der Waals surface area contributed by atoms with Gasteiger partial charge in [0.25, 0.3) is 0 Å². The first kappa shape index (κ1) is 13.5. The minimum atomic E-state index is -0.777. The maximum Gasteiger partial charge on any atom is 0.317 e. The Morgan fingerprint density at radius 3 is 2.68 bits per heavy atom. The van der Waals surface area contributed by atoms with E-state index in [1.807, 2.05) is 17.0 Å². The van der Waals surface area contributed by atoms with E-state index in [-0.39, 0.29) is 6.54 Å². The van der Waals surface area contributed by atoms with Crippen molar-refractivity contribution in [3.63, 3.8) is 0 Å². The van der Waals surface area contributed by atoms with E-state index in [2.05, 4.69) is 9.88 Å². The Kier molecular flexibility index (Phi) is 4.44. The summed E-state index contributed by atoms with van der Waals surface area (Å²) < 4.78 is 0. The number of carboxylic acids is 1. The zero-order valence-corrected chi connectivity index (χ0v) is 10.6. The highest BCUT2D eigenvalue weighted by molar-refractivity contribution is 5.69. The lowest BCUT2D eigenvalue weighted by Gasteiger charge is -2.33. The topological polar surface area (TPSA) is 80.5 Å². The maximum atomic E-state index is 10.6. The zero-order chi connectivity index (χ0) is 13.7. The third kappa shape index (κ3) is 4.02. The SMILES string of the molecule is N#Cc1cc(CN2CCN(CC(=O)O)CC2)ccn1. The van der Waals surface area contributed by atoms with Gasteiger partial charge in [-0.15, -0.1) is 0 Å². The molecule has 0 aromatic carbocycles. The van der Waals surface area contributed by atoms with Crippen LogP contribution in [-0.2, 0) is 11.3 Å². The zero-order valence-electron chi connectivity index (χ0n) is 10.6. The molecule has 1 fully saturated rings. The van der Waals surface area contributed by atoms with Gasteiger partial charge in [0.05, 0.1) is 6.54 Å². The Labute approximate surface area is 111 Å². The minimum absolute atomic E-state index is 0.113. The van der Waals surface area contributed by atoms with Gasteiger partial charge in [-0.1, -0.05) is 0 Å². The minimum Gasteiger partial charge on any atom is -0.480 e. The van der Waals surface area contributed by atoms with Gasteiger partial charge in [-0.3, -0.25) is 14.6 Å². The van der Waals surface area contributed by atoms with Crippen LogP contribution in [0, 0.1) is 11.3 Å². The summed E-state index contributed by atoms with van der Waals surface area (Å²) in [5.74, 6) is -0.777. The molecule has 1 N–H and O–H groups in total. The lowest BCUT2D eigenvalue weighted by atomic mass is 10.2. The van der Waals surface area contributed by atoms with Crippen LogP contribution in [0.2, 0.25) is 0 Å². The summed E-state index contributed by atoms with van der Waals surface area (Å²) in [4.78, 5) is 18.8. The van der Waals surface area contributed by atoms with Crippen molar-refractivity contribution >= 4 is 5.97 Å². The molecular weight excluding hydrogens is 244 g/mol. The number of carbonyl (C=O) groups is 1. The highest BCUT2D eigenvalue weighted by atomic mass is 16.4. The van der Waals surface area contributed by atoms with E-state index in [9.17, 15) is 4.79 Å². The molecule has 6 heteroatoms. The number of rotatable bonds is 4. The van der Waals surface area contributed by atoms with E-state index < -0.39 is 5.97 Å². The van der Waals surface area contributed by atoms with Crippen molar-refractivity contribution in [2.24, 2.45) is 0 Å². The third-order valence-electron chi connectivity index (χ3n) is 3.17. The summed E-state index contributed by atoms with van der Waals surface area (Å²) in [5, 5.41) is 17.5. The van der Waals surface area contributed by atoms with Gasteiger partial charge in [0, 0.05) is 38.9 Å². The van der Waals surface area contributed by atoms with E-state index in [4.69, 9.17) is 10.4 Å². The second-order valence-electron chi connectivity index (χ2n) is 4.61. The second-order valence-corrected chi connectivity index (χ2v) is 4.61. The molecule has 1 aliphatic heterocycles. The predicted octanol–water partition coefficient (Wildman–Crippen LogP) is 0.155. The van der Waals surface area contributed by atoms with Crippen LogP contribution in [0.5, 0.6) is 0 Å². The Hall–Kier alpha value is -1.97. The van der Waals surface area contributed by atoms with E-state index in [0.29, 0.717) is 5.69 Å². The number of hydrogen-bond donors (Lipinski definition) is 1. The molecule has 0 saturated carbocycles. The molecule has 1 aromatic rings. The van der Waals surface area contributed by atoms with Crippen LogP contribution in [0.4, 0.5) is 0 Å². The fourth-order valence-electron chi connectivity index (χ4n) is 2.19. The second kappa shape index (κ2) is 6.27. The average molecular weight is 260 g/mol. The lowest BCUT2D eigenvalue weighted by Crippen LogP contribution is -2.47. The van der Waals surface area contributed by atoms with Crippen molar-refractivity contribution in [2.45, 2.75) is 6.54 Å². The molecule has 2 heterocycles. The van der Waals surface area contributed by atoms with E-state index in [1.165, 1.54) is 0 Å². The normalized spacial score (nSPS) is 17.0. The van der Waals surface area contributed by atoms with E-state index in [0.717, 1.165) is 38.3 Å². The molecule has 0 radical (unpaired) electrons. The van der Waals surface area contributed by atoms with E-state index in [1.54, 1.807) is 12.3 Å². The van der Waals surface area contributed by atoms with Crippen molar-refractivity contribution in [1.82, 2.24) is 14.8 Å². The van der Waals surface area contributed by atoms with Crippen LogP contribution in [0.25, 0.3) is 0 Å². The Morgan fingerprint density at radius 2 is 2.05 bits per heavy atom. The van der Waals surface area contributed by atoms with Crippen LogP contribution in [0.1, 0.15) is 11.3 Å². The molecule has 2 rings (SSSR count). The van der Waals surface area contributed by atoms with Crippen LogP contribution >= 0.6 is 0 Å². The average Bonchev–Trinajstić information content (AvgIpc) is 2.41. The third-order valence-corrected chi connectivity index (χ3v) is 3.17. The van der Waals surface area contributed by atoms with Crippen LogP contribution < -0.4 is 0 Å². The van der Waals surface area contributed by atoms with Crippen LogP contribution in [-0.4, -0.2) is 58.6 Å². The molecule has 6 nitrogen and oxygen atoms in total. The van der Waals surface area contributed by atoms with Crippen molar-refractivity contribution in [3.8, 4) is 6.07 Å². The van der Waals surface area contributed by atoms with Gasteiger partial charge in [0.15, 0.2) is 0 Å². The molecule has 0 amide bonds. The first-order valence-corrected chi connectivity index (χ1v) is 6.19. The highest BCUT2D eigenvalue weighted by Gasteiger charge is 2.18. The van der Waals surface area contributed by atoms with E-state index >= 15 is 0 Å². The first-order valence-electron chi connectivity index (χ1n) is 6.19. The van der Waals surface area contributed by atoms with Gasteiger partial charge in [-0.2, -0.15) is 5.26 Å². The van der Waals surface area contributed by atoms with Crippen LogP contribution in [0.15, 0.2) is 18.3 Å². The van der Waals surface area contributed by atoms with Crippen LogP contribution in [0.3, 0.4) is 0 Å². The predicted molar refractivity (Wildman–Crippen MR) is 68.3 cm³/mol. The standard InChI is InChI=1S/C13H16N4O2/c14-8-12-7-11(1-2-15-12)9-16-3-5-17(6-4-16)10-13(18)19/h1-2,7H,3-6,9-10H2,(H,18,19). The molecular formula is C13H16N4O2. The first-order chi connectivity index (χ1) is 9.17. The summed E-state index contributed by atoms with van der Waals surface area (Å²) in [6.45, 7) is 4.11. The maximum absolute atomic E-state index is 10.6. The molecule has 1 saturated heterocycles. The van der Waals surface area contributed by atoms with Gasteiger partial charge in [-0.05, 0) is 17.7 Å². The van der Waals surface area contributed by atoms with Gasteiger partial charge >= 0.3 is 5.97 Å². The van der Waals surface area contributed by atoms with Crippen molar-refractivity contribution < 1.29 is 9.90 Å². The van der Waals surface area contributed by atoms with Gasteiger partial charge in [-0.25, -0.2) is 4.98 Å². The number of pyridine rings is 1. The number of piperazine rings is 1. The molecule has 0 bridgehead atoms. The summed E-state index contributed by atoms with van der Waals surface area (Å²) in [5.41, 5.74) is 1.50. The number of aliphatic carboxylic acids is 1. The summed E-state index contributed by atoms with van der Waals surface area (Å²) in [7, 11) is 0. The van der Waals surface area contributed by atoms with Crippen molar-refractivity contribution in [1.29, 1.82) is 5.26 Å². The quantitative estimate of drug-likeness (QED) is 0.830. The highest BCUT2D eigenvalue weighted by Crippen LogP contribution is 2.09. The van der Waals surface area contributed by atoms with Gasteiger partial charge in [0.2, 0.25) is 0 Å². The fraction of sp³-hybridized carbons (Fsp3) is 0.462. The molecule has 0 unspecified atom stereocenters. The smallest absolute Gasteiger partial charge is 0.317 e. The van der Waals surface area contributed by atoms with Crippen molar-refractivity contribution in [2.75, 3.05) is 32.7 Å². The molecule has 0 atom stereocenters. The fourth-order valence-corrected chi connectivity index (χ4v) is 2.19. The van der Waals surface area contributed by atoms with Gasteiger partial charge < -0.3 is 5.11 Å². The molecule has 1 aromatic heterocycles. The summed E-state index contributed by atoms with van der Waals surface area (Å²) >= 11 is 0. The van der Waals surface area contributed by atoms with Crippen molar-refractivity contribution in [3.05, 3.63) is 29.6 Å². The summed E-state index contributed by atoms with van der Waals surface area (Å²) in [6.07, 6.45) is 1.65. The molecule has 100 valence electrons. The molecule has 0 spiro atoms. The number of nitriles is 1. The number of nitrogens with zero attached hydrogens (tertiary/aromatic N) is 4. The monoisotopic (exact) mass is 260 g/mol. The number of aromatic nitrogens is 1. The van der Waals surface area contributed by atoms with Gasteiger partial charge in [0.1, 0.15) is 11.8 Å². The Bertz CT molecular complexity index is 490. The largest absolute Gasteiger partial charge is 0.480 e. The lowest BCUT2D eigenvalue weighted by molar-refractivity contribution is -0.138. The number of hydrogen-bond acceptors (Lipinski definition) is 5. The molecule has 1 aliphatic rings. The Morgan fingerprint density at radius 1 is 1.37 bits per heavy atom. The molecule has 19 heavy (non-hydrogen) atoms. The number of carboxylic acid groups (broad SMARTS) is 1.